The minimum Gasteiger partial charge on any atom is -0.505 e. The number of phenols is 1. The SMILES string of the molecule is Cc1cc(I)c(O)c(N2C=NCC2)c1.Cl. The van der Waals surface area contributed by atoms with Crippen molar-refractivity contribution in [3.63, 3.8) is 0 Å². The maximum Gasteiger partial charge on any atom is 0.152 e. The van der Waals surface area contributed by atoms with Crippen molar-refractivity contribution < 1.29 is 5.11 Å². The molecule has 0 aromatic heterocycles. The summed E-state index contributed by atoms with van der Waals surface area (Å²) in [6.45, 7) is 3.69. The highest BCUT2D eigenvalue weighted by molar-refractivity contribution is 14.1. The molecule has 0 unspecified atom stereocenters. The van der Waals surface area contributed by atoms with Crippen LogP contribution in [0.25, 0.3) is 0 Å². The highest BCUT2D eigenvalue weighted by Crippen LogP contribution is 2.33. The predicted octanol–water partition coefficient (Wildman–Crippen LogP) is 2.58. The van der Waals surface area contributed by atoms with Gasteiger partial charge in [0, 0.05) is 6.54 Å². The van der Waals surface area contributed by atoms with Crippen LogP contribution in [0, 0.1) is 10.5 Å². The Kier molecular flexibility index (Phi) is 4.21. The number of aryl methyl sites for hydroxylation is 1. The molecular weight excluding hydrogens is 326 g/mol. The van der Waals surface area contributed by atoms with Gasteiger partial charge in [0.2, 0.25) is 0 Å². The Morgan fingerprint density at radius 2 is 2.20 bits per heavy atom. The van der Waals surface area contributed by atoms with Crippen LogP contribution in [0.1, 0.15) is 5.56 Å². The van der Waals surface area contributed by atoms with E-state index in [0.717, 1.165) is 27.9 Å². The number of phenolic OH excluding ortho intramolecular Hbond substituents is 1. The summed E-state index contributed by atoms with van der Waals surface area (Å²) in [5.74, 6) is 0.351. The van der Waals surface area contributed by atoms with Gasteiger partial charge >= 0.3 is 0 Å². The van der Waals surface area contributed by atoms with Crippen LogP contribution in [0.5, 0.6) is 5.75 Å². The van der Waals surface area contributed by atoms with E-state index in [1.807, 2.05) is 24.0 Å². The molecule has 0 spiro atoms. The first-order valence-electron chi connectivity index (χ1n) is 4.44. The van der Waals surface area contributed by atoms with Crippen LogP contribution in [-0.4, -0.2) is 24.5 Å². The van der Waals surface area contributed by atoms with Crippen LogP contribution in [0.15, 0.2) is 17.1 Å². The smallest absolute Gasteiger partial charge is 0.152 e. The lowest BCUT2D eigenvalue weighted by Gasteiger charge is -2.17. The van der Waals surface area contributed by atoms with E-state index in [2.05, 4.69) is 27.6 Å². The molecule has 1 N–H and O–H groups in total. The highest BCUT2D eigenvalue weighted by Gasteiger charge is 2.14. The summed E-state index contributed by atoms with van der Waals surface area (Å²) in [5, 5.41) is 9.87. The van der Waals surface area contributed by atoms with Gasteiger partial charge < -0.3 is 10.0 Å². The summed E-state index contributed by atoms with van der Waals surface area (Å²) in [5.41, 5.74) is 2.01. The Morgan fingerprint density at radius 1 is 1.47 bits per heavy atom. The van der Waals surface area contributed by atoms with E-state index in [0.29, 0.717) is 5.75 Å². The van der Waals surface area contributed by atoms with Crippen LogP contribution in [-0.2, 0) is 0 Å². The van der Waals surface area contributed by atoms with E-state index in [9.17, 15) is 5.11 Å². The number of aromatic hydroxyl groups is 1. The summed E-state index contributed by atoms with van der Waals surface area (Å²) in [6, 6.07) is 3.95. The first kappa shape index (κ1) is 12.6. The zero-order chi connectivity index (χ0) is 10.1. The molecule has 0 atom stereocenters. The molecule has 0 saturated carbocycles. The van der Waals surface area contributed by atoms with Gasteiger partial charge in [-0.25, -0.2) is 0 Å². The van der Waals surface area contributed by atoms with Crippen LogP contribution >= 0.6 is 35.0 Å². The number of hydrogen-bond donors (Lipinski definition) is 1. The Bertz CT molecular complexity index is 395. The van der Waals surface area contributed by atoms with Crippen molar-refractivity contribution in [2.45, 2.75) is 6.92 Å². The van der Waals surface area contributed by atoms with Crippen molar-refractivity contribution in [2.24, 2.45) is 4.99 Å². The number of hydrogen-bond acceptors (Lipinski definition) is 3. The first-order valence-corrected chi connectivity index (χ1v) is 5.52. The van der Waals surface area contributed by atoms with Gasteiger partial charge in [0.05, 0.1) is 22.1 Å². The summed E-state index contributed by atoms with van der Waals surface area (Å²) in [7, 11) is 0. The van der Waals surface area contributed by atoms with Gasteiger partial charge in [-0.05, 0) is 47.2 Å². The molecule has 1 aliphatic heterocycles. The second-order valence-corrected chi connectivity index (χ2v) is 4.49. The van der Waals surface area contributed by atoms with Gasteiger partial charge in [-0.3, -0.25) is 4.99 Å². The molecular formula is C10H12ClIN2O. The van der Waals surface area contributed by atoms with Gasteiger partial charge in [-0.15, -0.1) is 12.4 Å². The fraction of sp³-hybridized carbons (Fsp3) is 0.300. The van der Waals surface area contributed by atoms with Crippen LogP contribution in [0.2, 0.25) is 0 Å². The van der Waals surface area contributed by atoms with Crippen molar-refractivity contribution in [3.05, 3.63) is 21.3 Å². The molecule has 0 fully saturated rings. The molecule has 15 heavy (non-hydrogen) atoms. The van der Waals surface area contributed by atoms with Crippen molar-refractivity contribution in [1.82, 2.24) is 0 Å². The van der Waals surface area contributed by atoms with Crippen molar-refractivity contribution in [1.29, 1.82) is 0 Å². The maximum atomic E-state index is 9.87. The molecule has 0 saturated heterocycles. The second-order valence-electron chi connectivity index (χ2n) is 3.33. The molecule has 2 rings (SSSR count). The van der Waals surface area contributed by atoms with Gasteiger partial charge in [-0.2, -0.15) is 0 Å². The molecule has 1 aromatic carbocycles. The lowest BCUT2D eigenvalue weighted by molar-refractivity contribution is 0.472. The number of aliphatic imine (C=N–C) groups is 1. The quantitative estimate of drug-likeness (QED) is 0.799. The summed E-state index contributed by atoms with van der Waals surface area (Å²) < 4.78 is 0.887. The largest absolute Gasteiger partial charge is 0.505 e. The Hall–Kier alpha value is -0.490. The molecule has 0 bridgehead atoms. The van der Waals surface area contributed by atoms with Crippen LogP contribution in [0.4, 0.5) is 5.69 Å². The average Bonchev–Trinajstić information content (AvgIpc) is 2.63. The molecule has 1 heterocycles. The minimum atomic E-state index is 0. The lowest BCUT2D eigenvalue weighted by Crippen LogP contribution is -2.18. The van der Waals surface area contributed by atoms with Gasteiger partial charge in [0.15, 0.2) is 5.75 Å². The number of nitrogens with zero attached hydrogens (tertiary/aromatic N) is 2. The Labute approximate surface area is 109 Å². The van der Waals surface area contributed by atoms with E-state index in [4.69, 9.17) is 0 Å². The zero-order valence-corrected chi connectivity index (χ0v) is 11.2. The first-order chi connectivity index (χ1) is 6.68. The zero-order valence-electron chi connectivity index (χ0n) is 8.27. The topological polar surface area (TPSA) is 35.8 Å². The number of rotatable bonds is 1. The lowest BCUT2D eigenvalue weighted by atomic mass is 10.2. The fourth-order valence-electron chi connectivity index (χ4n) is 1.50. The van der Waals surface area contributed by atoms with E-state index >= 15 is 0 Å². The molecule has 5 heteroatoms. The number of halogens is 2. The summed E-state index contributed by atoms with van der Waals surface area (Å²) >= 11 is 2.14. The number of benzene rings is 1. The Balaban J connectivity index is 0.00000112. The van der Waals surface area contributed by atoms with E-state index in [1.54, 1.807) is 6.34 Å². The van der Waals surface area contributed by atoms with Crippen molar-refractivity contribution in [3.8, 4) is 5.75 Å². The minimum absolute atomic E-state index is 0. The third kappa shape index (κ3) is 2.55. The van der Waals surface area contributed by atoms with E-state index in [1.165, 1.54) is 0 Å². The second kappa shape index (κ2) is 5.03. The van der Waals surface area contributed by atoms with Crippen LogP contribution in [0.3, 0.4) is 0 Å². The van der Waals surface area contributed by atoms with Crippen molar-refractivity contribution in [2.75, 3.05) is 18.0 Å². The summed E-state index contributed by atoms with van der Waals surface area (Å²) in [6.07, 6.45) is 1.78. The molecule has 0 radical (unpaired) electrons. The third-order valence-electron chi connectivity index (χ3n) is 2.19. The molecule has 1 aromatic rings. The van der Waals surface area contributed by atoms with Gasteiger partial charge in [-0.1, -0.05) is 0 Å². The standard InChI is InChI=1S/C10H11IN2O.ClH/c1-7-4-8(11)10(14)9(5-7)13-3-2-12-6-13;/h4-6,14H,2-3H2,1H3;1H. The molecule has 0 aliphatic carbocycles. The molecule has 0 amide bonds. The Morgan fingerprint density at radius 3 is 2.80 bits per heavy atom. The van der Waals surface area contributed by atoms with Crippen LogP contribution < -0.4 is 4.90 Å². The average molecular weight is 339 g/mol. The predicted molar refractivity (Wildman–Crippen MR) is 73.5 cm³/mol. The summed E-state index contributed by atoms with van der Waals surface area (Å²) in [4.78, 5) is 6.11. The van der Waals surface area contributed by atoms with Gasteiger partial charge in [0.1, 0.15) is 0 Å². The molecule has 3 nitrogen and oxygen atoms in total. The van der Waals surface area contributed by atoms with Gasteiger partial charge in [0.25, 0.3) is 0 Å². The number of anilines is 1. The third-order valence-corrected chi connectivity index (χ3v) is 3.01. The monoisotopic (exact) mass is 338 g/mol. The normalized spacial score (nSPS) is 14.1. The maximum absolute atomic E-state index is 9.87. The van der Waals surface area contributed by atoms with E-state index in [-0.39, 0.29) is 12.4 Å². The van der Waals surface area contributed by atoms with E-state index < -0.39 is 0 Å². The van der Waals surface area contributed by atoms with Crippen molar-refractivity contribution >= 4 is 47.0 Å². The highest BCUT2D eigenvalue weighted by atomic mass is 127. The molecule has 1 aliphatic rings. The molecule has 82 valence electrons. The fourth-order valence-corrected chi connectivity index (χ4v) is 2.26.